The number of ether oxygens (including phenoxy) is 4. The van der Waals surface area contributed by atoms with Crippen molar-refractivity contribution in [2.75, 3.05) is 13.6 Å². The number of aromatic nitrogens is 1. The highest BCUT2D eigenvalue weighted by Gasteiger charge is 2.35. The summed E-state index contributed by atoms with van der Waals surface area (Å²) in [7, 11) is 0. The van der Waals surface area contributed by atoms with Crippen LogP contribution < -0.4 is 24.3 Å². The van der Waals surface area contributed by atoms with Crippen LogP contribution in [-0.2, 0) is 16.0 Å². The molecule has 2 unspecified atom stereocenters. The minimum Gasteiger partial charge on any atom is -0.480 e. The van der Waals surface area contributed by atoms with E-state index in [4.69, 9.17) is 18.9 Å². The van der Waals surface area contributed by atoms with Crippen LogP contribution in [0.4, 0.5) is 0 Å². The summed E-state index contributed by atoms with van der Waals surface area (Å²) in [5.74, 6) is -1.05. The molecule has 0 bridgehead atoms. The number of aliphatic hydroxyl groups is 1. The first-order valence-corrected chi connectivity index (χ1v) is 12.0. The fourth-order valence-electron chi connectivity index (χ4n) is 4.86. The summed E-state index contributed by atoms with van der Waals surface area (Å²) in [5, 5.41) is 25.0. The van der Waals surface area contributed by atoms with Crippen LogP contribution in [0.15, 0.2) is 66.9 Å². The second-order valence-corrected chi connectivity index (χ2v) is 9.11. The highest BCUT2D eigenvalue weighted by Crippen LogP contribution is 2.41. The molecule has 38 heavy (non-hydrogen) atoms. The Balaban J connectivity index is 1.32. The molecule has 0 spiro atoms. The highest BCUT2D eigenvalue weighted by atomic mass is 16.7. The van der Waals surface area contributed by atoms with Crippen molar-refractivity contribution in [3.63, 3.8) is 0 Å². The van der Waals surface area contributed by atoms with Gasteiger partial charge in [-0.25, -0.2) is 4.79 Å². The standard InChI is InChI=1S/C28H24N2O8/c31-26(16-6-8-22-24(11-16)38-14-36-22)25(15-5-7-21-23(10-15)37-13-35-21)27(32)30-20(28(33)34)9-17-12-29-19-4-2-1-3-18(17)19/h1-8,10-12,20,25-26,29,31H,9,13-14H2,(H,30,32)(H,33,34)/t20-,25?,26?/m0/s1. The Labute approximate surface area is 216 Å². The normalized spacial score (nSPS) is 15.7. The molecule has 6 rings (SSSR count). The molecule has 0 fully saturated rings. The molecule has 0 saturated carbocycles. The van der Waals surface area contributed by atoms with Crippen molar-refractivity contribution in [3.05, 3.63) is 83.6 Å². The minimum atomic E-state index is -1.33. The lowest BCUT2D eigenvalue weighted by atomic mass is 9.87. The lowest BCUT2D eigenvalue weighted by molar-refractivity contribution is -0.142. The van der Waals surface area contributed by atoms with Crippen LogP contribution in [0, 0.1) is 0 Å². The number of carboxylic acids is 1. The average molecular weight is 517 g/mol. The second kappa shape index (κ2) is 9.64. The van der Waals surface area contributed by atoms with E-state index >= 15 is 0 Å². The van der Waals surface area contributed by atoms with Gasteiger partial charge in [0.25, 0.3) is 0 Å². The number of aliphatic hydroxyl groups excluding tert-OH is 1. The summed E-state index contributed by atoms with van der Waals surface area (Å²) in [6, 6.07) is 16.2. The number of carbonyl (C=O) groups excluding carboxylic acids is 1. The third kappa shape index (κ3) is 4.35. The van der Waals surface area contributed by atoms with Crippen molar-refractivity contribution in [3.8, 4) is 23.0 Å². The lowest BCUT2D eigenvalue weighted by Gasteiger charge is -2.25. The maximum Gasteiger partial charge on any atom is 0.326 e. The number of H-pyrrole nitrogens is 1. The van der Waals surface area contributed by atoms with Gasteiger partial charge in [-0.3, -0.25) is 4.79 Å². The zero-order valence-electron chi connectivity index (χ0n) is 20.0. The van der Waals surface area contributed by atoms with E-state index in [0.717, 1.165) is 16.5 Å². The number of fused-ring (bicyclic) bond motifs is 3. The van der Waals surface area contributed by atoms with Crippen molar-refractivity contribution >= 4 is 22.8 Å². The Bertz CT molecular complexity index is 1530. The molecule has 4 aromatic rings. The minimum absolute atomic E-state index is 0.0477. The fourth-order valence-corrected chi connectivity index (χ4v) is 4.86. The van der Waals surface area contributed by atoms with Crippen molar-refractivity contribution in [1.82, 2.24) is 10.3 Å². The van der Waals surface area contributed by atoms with Gasteiger partial charge in [-0.1, -0.05) is 30.3 Å². The first-order chi connectivity index (χ1) is 18.5. The summed E-state index contributed by atoms with van der Waals surface area (Å²) >= 11 is 0. The first kappa shape index (κ1) is 23.7. The number of amides is 1. The van der Waals surface area contributed by atoms with Crippen LogP contribution in [0.2, 0.25) is 0 Å². The van der Waals surface area contributed by atoms with E-state index in [9.17, 15) is 19.8 Å². The number of benzene rings is 3. The van der Waals surface area contributed by atoms with Crippen molar-refractivity contribution in [2.24, 2.45) is 0 Å². The van der Waals surface area contributed by atoms with Crippen LogP contribution in [0.3, 0.4) is 0 Å². The smallest absolute Gasteiger partial charge is 0.326 e. The molecule has 194 valence electrons. The molecule has 2 aliphatic heterocycles. The van der Waals surface area contributed by atoms with Gasteiger partial charge in [0.15, 0.2) is 23.0 Å². The third-order valence-corrected chi connectivity index (χ3v) is 6.81. The summed E-state index contributed by atoms with van der Waals surface area (Å²) < 4.78 is 21.6. The Kier molecular flexibility index (Phi) is 6.01. The van der Waals surface area contributed by atoms with Gasteiger partial charge < -0.3 is 39.5 Å². The zero-order valence-corrected chi connectivity index (χ0v) is 20.0. The third-order valence-electron chi connectivity index (χ3n) is 6.81. The van der Waals surface area contributed by atoms with Crippen LogP contribution in [0.25, 0.3) is 10.9 Å². The highest BCUT2D eigenvalue weighted by molar-refractivity contribution is 5.90. The van der Waals surface area contributed by atoms with Crippen LogP contribution >= 0.6 is 0 Å². The maximum atomic E-state index is 13.7. The van der Waals surface area contributed by atoms with E-state index in [1.165, 1.54) is 0 Å². The fraction of sp³-hybridized carbons (Fsp3) is 0.214. The summed E-state index contributed by atoms with van der Waals surface area (Å²) in [4.78, 5) is 29.1. The van der Waals surface area contributed by atoms with Crippen molar-refractivity contribution in [1.29, 1.82) is 0 Å². The van der Waals surface area contributed by atoms with Gasteiger partial charge in [0.05, 0.1) is 12.0 Å². The zero-order chi connectivity index (χ0) is 26.2. The predicted molar refractivity (Wildman–Crippen MR) is 134 cm³/mol. The molecule has 0 aliphatic carbocycles. The van der Waals surface area contributed by atoms with Gasteiger partial charge >= 0.3 is 5.97 Å². The Morgan fingerprint density at radius 3 is 2.21 bits per heavy atom. The Hall–Kier alpha value is -4.70. The van der Waals surface area contributed by atoms with E-state index in [2.05, 4.69) is 10.3 Å². The number of carboxylic acid groups (broad SMARTS) is 1. The SMILES string of the molecule is O=C(N[C@@H](Cc1c[nH]c2ccccc12)C(=O)O)C(c1ccc2c(c1)OCO2)C(O)c1ccc2c(c1)OCO2. The van der Waals surface area contributed by atoms with E-state index < -0.39 is 29.9 Å². The number of hydrogen-bond donors (Lipinski definition) is 4. The quantitative estimate of drug-likeness (QED) is 0.280. The Morgan fingerprint density at radius 2 is 1.50 bits per heavy atom. The van der Waals surface area contributed by atoms with Crippen LogP contribution in [0.5, 0.6) is 23.0 Å². The molecule has 10 nitrogen and oxygen atoms in total. The van der Waals surface area contributed by atoms with Gasteiger partial charge in [-0.15, -0.1) is 0 Å². The van der Waals surface area contributed by atoms with E-state index in [0.29, 0.717) is 34.1 Å². The molecule has 3 atom stereocenters. The maximum absolute atomic E-state index is 13.7. The summed E-state index contributed by atoms with van der Waals surface area (Å²) in [5.41, 5.74) is 2.47. The lowest BCUT2D eigenvalue weighted by Crippen LogP contribution is -2.45. The number of aliphatic carboxylic acids is 1. The topological polar surface area (TPSA) is 139 Å². The molecule has 1 amide bonds. The van der Waals surface area contributed by atoms with E-state index in [1.807, 2.05) is 24.3 Å². The van der Waals surface area contributed by atoms with Crippen molar-refractivity contribution < 1.29 is 38.7 Å². The second-order valence-electron chi connectivity index (χ2n) is 9.11. The molecule has 10 heteroatoms. The van der Waals surface area contributed by atoms with Gasteiger partial charge in [-0.05, 0) is 47.0 Å². The molecular weight excluding hydrogens is 492 g/mol. The molecule has 3 heterocycles. The number of nitrogens with one attached hydrogen (secondary N) is 2. The van der Waals surface area contributed by atoms with Gasteiger partial charge in [0.1, 0.15) is 6.04 Å². The average Bonchev–Trinajstić information content (AvgIpc) is 3.67. The van der Waals surface area contributed by atoms with Gasteiger partial charge in [-0.2, -0.15) is 0 Å². The number of rotatable bonds is 8. The number of hydrogen-bond acceptors (Lipinski definition) is 7. The number of carbonyl (C=O) groups is 2. The molecule has 2 aliphatic rings. The predicted octanol–water partition coefficient (Wildman–Crippen LogP) is 3.25. The number of para-hydroxylation sites is 1. The molecule has 0 radical (unpaired) electrons. The molecule has 0 saturated heterocycles. The first-order valence-electron chi connectivity index (χ1n) is 12.0. The van der Waals surface area contributed by atoms with Crippen molar-refractivity contribution in [2.45, 2.75) is 24.5 Å². The molecular formula is C28H24N2O8. The largest absolute Gasteiger partial charge is 0.480 e. The van der Waals surface area contributed by atoms with Crippen LogP contribution in [0.1, 0.15) is 28.7 Å². The van der Waals surface area contributed by atoms with E-state index in [-0.39, 0.29) is 20.0 Å². The monoisotopic (exact) mass is 516 g/mol. The van der Waals surface area contributed by atoms with Gasteiger partial charge in [0.2, 0.25) is 19.5 Å². The molecule has 3 aromatic carbocycles. The number of aromatic amines is 1. The summed E-state index contributed by atoms with van der Waals surface area (Å²) in [6.45, 7) is 0.112. The molecule has 1 aromatic heterocycles. The van der Waals surface area contributed by atoms with E-state index in [1.54, 1.807) is 42.6 Å². The Morgan fingerprint density at radius 1 is 0.868 bits per heavy atom. The van der Waals surface area contributed by atoms with Crippen LogP contribution in [-0.4, -0.2) is 46.7 Å². The molecule has 4 N–H and O–H groups in total. The summed E-state index contributed by atoms with van der Waals surface area (Å²) in [6.07, 6.45) is 0.468. The van der Waals surface area contributed by atoms with Gasteiger partial charge in [0, 0.05) is 23.5 Å².